The molecule has 0 aromatic heterocycles. The van der Waals surface area contributed by atoms with Crippen molar-refractivity contribution in [2.75, 3.05) is 6.54 Å². The number of rotatable bonds is 1. The summed E-state index contributed by atoms with van der Waals surface area (Å²) in [5.41, 5.74) is 1.10. The highest BCUT2D eigenvalue weighted by atomic mass is 15.3. The first kappa shape index (κ1) is 16.3. The van der Waals surface area contributed by atoms with E-state index < -0.39 is 0 Å². The van der Waals surface area contributed by atoms with Crippen molar-refractivity contribution < 1.29 is 0 Å². The molecule has 20 heavy (non-hydrogen) atoms. The van der Waals surface area contributed by atoms with Crippen molar-refractivity contribution in [3.8, 4) is 0 Å². The lowest BCUT2D eigenvalue weighted by atomic mass is 9.63. The number of hydrogen-bond donors (Lipinski definition) is 1. The minimum absolute atomic E-state index is 0.194. The average Bonchev–Trinajstić information content (AvgIpc) is 2.22. The van der Waals surface area contributed by atoms with E-state index in [-0.39, 0.29) is 11.0 Å². The third kappa shape index (κ3) is 2.43. The lowest BCUT2D eigenvalue weighted by molar-refractivity contribution is -0.126. The fraction of sp³-hybridized carbons (Fsp3) is 1.00. The van der Waals surface area contributed by atoms with Crippen molar-refractivity contribution in [1.29, 1.82) is 0 Å². The first-order valence-corrected chi connectivity index (χ1v) is 8.46. The zero-order valence-electron chi connectivity index (χ0n) is 15.1. The molecule has 0 spiro atoms. The lowest BCUT2D eigenvalue weighted by Crippen LogP contribution is -2.72. The molecule has 0 saturated carbocycles. The monoisotopic (exact) mass is 280 g/mol. The van der Waals surface area contributed by atoms with Crippen molar-refractivity contribution in [2.45, 2.75) is 104 Å². The van der Waals surface area contributed by atoms with Gasteiger partial charge in [0.05, 0.1) is 0 Å². The predicted molar refractivity (Wildman–Crippen MR) is 88.1 cm³/mol. The van der Waals surface area contributed by atoms with E-state index in [4.69, 9.17) is 0 Å². The number of nitrogens with one attached hydrogen (secondary N) is 1. The van der Waals surface area contributed by atoms with E-state index in [2.05, 4.69) is 65.6 Å². The van der Waals surface area contributed by atoms with E-state index in [1.165, 1.54) is 25.7 Å². The minimum Gasteiger partial charge on any atom is -0.311 e. The minimum atomic E-state index is 0.194. The average molecular weight is 280 g/mol. The Labute approximate surface area is 126 Å². The van der Waals surface area contributed by atoms with Gasteiger partial charge in [0.1, 0.15) is 0 Å². The van der Waals surface area contributed by atoms with Gasteiger partial charge in [-0.05, 0) is 79.2 Å². The molecule has 0 amide bonds. The van der Waals surface area contributed by atoms with Crippen LogP contribution >= 0.6 is 0 Å². The summed E-state index contributed by atoms with van der Waals surface area (Å²) < 4.78 is 0. The molecule has 2 heterocycles. The second kappa shape index (κ2) is 4.71. The molecule has 118 valence electrons. The van der Waals surface area contributed by atoms with Gasteiger partial charge in [-0.25, -0.2) is 0 Å². The van der Waals surface area contributed by atoms with Crippen LogP contribution in [0.15, 0.2) is 0 Å². The zero-order valence-corrected chi connectivity index (χ0v) is 15.1. The van der Waals surface area contributed by atoms with Crippen molar-refractivity contribution in [3.05, 3.63) is 0 Å². The zero-order chi connectivity index (χ0) is 15.4. The normalized spacial score (nSPS) is 35.7. The Hall–Kier alpha value is -0.0800. The molecule has 1 atom stereocenters. The van der Waals surface area contributed by atoms with Gasteiger partial charge >= 0.3 is 0 Å². The van der Waals surface area contributed by atoms with Crippen LogP contribution in [0.1, 0.15) is 81.1 Å². The molecule has 0 radical (unpaired) electrons. The molecule has 2 saturated heterocycles. The van der Waals surface area contributed by atoms with Crippen molar-refractivity contribution in [1.82, 2.24) is 10.2 Å². The summed E-state index contributed by atoms with van der Waals surface area (Å²) in [6.45, 7) is 20.7. The number of likely N-dealkylation sites (tertiary alicyclic amines) is 1. The fourth-order valence-electron chi connectivity index (χ4n) is 4.84. The van der Waals surface area contributed by atoms with E-state index >= 15 is 0 Å². The van der Waals surface area contributed by atoms with Crippen LogP contribution in [0.25, 0.3) is 0 Å². The SMILES string of the molecule is CC1(C)CCCC(C)(C)N1C1CCNC(C)(C)C1(C)C. The maximum Gasteiger partial charge on any atom is 0.0191 e. The first-order valence-electron chi connectivity index (χ1n) is 8.46. The largest absolute Gasteiger partial charge is 0.311 e. The van der Waals surface area contributed by atoms with E-state index in [1.54, 1.807) is 0 Å². The summed E-state index contributed by atoms with van der Waals surface area (Å²) >= 11 is 0. The van der Waals surface area contributed by atoms with E-state index in [0.29, 0.717) is 17.1 Å². The van der Waals surface area contributed by atoms with Gasteiger partial charge in [0.2, 0.25) is 0 Å². The van der Waals surface area contributed by atoms with Gasteiger partial charge in [-0.15, -0.1) is 0 Å². The molecule has 0 aromatic carbocycles. The lowest BCUT2D eigenvalue weighted by Gasteiger charge is -2.64. The summed E-state index contributed by atoms with van der Waals surface area (Å²) in [5, 5.41) is 3.75. The van der Waals surface area contributed by atoms with Crippen LogP contribution in [0.4, 0.5) is 0 Å². The Bertz CT molecular complexity index is 350. The van der Waals surface area contributed by atoms with Gasteiger partial charge < -0.3 is 5.32 Å². The summed E-state index contributed by atoms with van der Waals surface area (Å²) in [5.74, 6) is 0. The molecular weight excluding hydrogens is 244 g/mol. The van der Waals surface area contributed by atoms with Crippen molar-refractivity contribution in [2.24, 2.45) is 5.41 Å². The smallest absolute Gasteiger partial charge is 0.0191 e. The van der Waals surface area contributed by atoms with Gasteiger partial charge in [0.15, 0.2) is 0 Å². The number of nitrogens with zero attached hydrogens (tertiary/aromatic N) is 1. The van der Waals surface area contributed by atoms with Crippen LogP contribution < -0.4 is 5.32 Å². The van der Waals surface area contributed by atoms with Gasteiger partial charge in [-0.1, -0.05) is 13.8 Å². The molecule has 2 heteroatoms. The second-order valence-corrected chi connectivity index (χ2v) is 9.43. The van der Waals surface area contributed by atoms with Crippen LogP contribution in [-0.2, 0) is 0 Å². The highest BCUT2D eigenvalue weighted by Crippen LogP contribution is 2.49. The highest BCUT2D eigenvalue weighted by Gasteiger charge is 2.54. The van der Waals surface area contributed by atoms with E-state index in [0.717, 1.165) is 6.54 Å². The quantitative estimate of drug-likeness (QED) is 0.774. The van der Waals surface area contributed by atoms with Gasteiger partial charge in [-0.3, -0.25) is 4.90 Å². The van der Waals surface area contributed by atoms with Crippen LogP contribution in [0.3, 0.4) is 0 Å². The van der Waals surface area contributed by atoms with Crippen molar-refractivity contribution >= 4 is 0 Å². The van der Waals surface area contributed by atoms with Crippen molar-refractivity contribution in [3.63, 3.8) is 0 Å². The van der Waals surface area contributed by atoms with E-state index in [9.17, 15) is 0 Å². The molecule has 2 nitrogen and oxygen atoms in total. The Morgan fingerprint density at radius 2 is 1.35 bits per heavy atom. The predicted octanol–water partition coefficient (Wildman–Crippen LogP) is 4.20. The van der Waals surface area contributed by atoms with Crippen LogP contribution in [0, 0.1) is 5.41 Å². The van der Waals surface area contributed by atoms with Gasteiger partial charge in [-0.2, -0.15) is 0 Å². The Balaban J connectivity index is 2.41. The first-order chi connectivity index (χ1) is 8.92. The molecule has 2 rings (SSSR count). The standard InChI is InChI=1S/C18H36N2/c1-15(2)11-9-12-16(3,4)20(15)14-10-13-19-18(7,8)17(14,5)6/h14,19H,9-13H2,1-8H3. The maximum atomic E-state index is 3.75. The Morgan fingerprint density at radius 1 is 0.850 bits per heavy atom. The molecule has 1 N–H and O–H groups in total. The summed E-state index contributed by atoms with van der Waals surface area (Å²) in [6, 6.07) is 0.657. The van der Waals surface area contributed by atoms with Gasteiger partial charge in [0.25, 0.3) is 0 Å². The topological polar surface area (TPSA) is 15.3 Å². The maximum absolute atomic E-state index is 3.75. The molecule has 2 aliphatic rings. The van der Waals surface area contributed by atoms with Gasteiger partial charge in [0, 0.05) is 22.7 Å². The summed E-state index contributed by atoms with van der Waals surface area (Å²) in [7, 11) is 0. The third-order valence-electron chi connectivity index (χ3n) is 6.62. The fourth-order valence-corrected chi connectivity index (χ4v) is 4.84. The van der Waals surface area contributed by atoms with E-state index in [1.807, 2.05) is 0 Å². The molecule has 0 bridgehead atoms. The number of piperidine rings is 2. The Kier molecular flexibility index (Phi) is 3.84. The molecular formula is C18H36N2. The van der Waals surface area contributed by atoms with Crippen LogP contribution in [0.2, 0.25) is 0 Å². The summed E-state index contributed by atoms with van der Waals surface area (Å²) in [4.78, 5) is 2.88. The number of hydrogen-bond acceptors (Lipinski definition) is 2. The molecule has 1 unspecified atom stereocenters. The Morgan fingerprint density at radius 3 is 1.85 bits per heavy atom. The molecule has 2 aliphatic heterocycles. The summed E-state index contributed by atoms with van der Waals surface area (Å²) in [6.07, 6.45) is 5.29. The second-order valence-electron chi connectivity index (χ2n) is 9.43. The van der Waals surface area contributed by atoms with Crippen LogP contribution in [0.5, 0.6) is 0 Å². The van der Waals surface area contributed by atoms with Crippen LogP contribution in [-0.4, -0.2) is 34.1 Å². The molecule has 2 fully saturated rings. The highest BCUT2D eigenvalue weighted by molar-refractivity contribution is 5.10. The molecule has 0 aromatic rings. The third-order valence-corrected chi connectivity index (χ3v) is 6.62. The molecule has 0 aliphatic carbocycles.